The average molecular weight is 329 g/mol. The number of fused-ring (bicyclic) bond motifs is 1. The predicted molar refractivity (Wildman–Crippen MR) is 80.1 cm³/mol. The summed E-state index contributed by atoms with van der Waals surface area (Å²) < 4.78 is 5.81. The molecule has 2 aromatic rings. The van der Waals surface area contributed by atoms with Crippen LogP contribution in [-0.4, -0.2) is 23.6 Å². The van der Waals surface area contributed by atoms with Gasteiger partial charge in [0.2, 0.25) is 0 Å². The van der Waals surface area contributed by atoms with E-state index in [0.717, 1.165) is 10.1 Å². The second-order valence-electron chi connectivity index (χ2n) is 4.17. The van der Waals surface area contributed by atoms with Gasteiger partial charge in [-0.2, -0.15) is 0 Å². The molecule has 3 rings (SSSR count). The Hall–Kier alpha value is -1.28. The zero-order valence-corrected chi connectivity index (χ0v) is 12.4. The van der Waals surface area contributed by atoms with Crippen molar-refractivity contribution in [2.45, 2.75) is 5.18 Å². The summed E-state index contributed by atoms with van der Waals surface area (Å²) in [5, 5.41) is 4.86. The lowest BCUT2D eigenvalue weighted by Crippen LogP contribution is -2.52. The molecule has 104 valence electrons. The number of carbonyl (C=O) groups excluding carboxylic acids is 2. The number of ether oxygens (including phenoxy) is 1. The van der Waals surface area contributed by atoms with Crippen molar-refractivity contribution in [3.05, 3.63) is 34.2 Å². The lowest BCUT2D eigenvalue weighted by molar-refractivity contribution is -0.143. The van der Waals surface area contributed by atoms with Crippen LogP contribution in [0.2, 0.25) is 5.02 Å². The van der Waals surface area contributed by atoms with Crippen LogP contribution in [0.1, 0.15) is 9.67 Å². The molecule has 8 heteroatoms. The number of esters is 1. The van der Waals surface area contributed by atoms with E-state index in [1.54, 1.807) is 0 Å². The van der Waals surface area contributed by atoms with Crippen molar-refractivity contribution in [2.75, 3.05) is 6.54 Å². The number of carbonyl (C=O) groups is 2. The molecular formula is C12H9ClN2O3S2. The predicted octanol–water partition coefficient (Wildman–Crippen LogP) is 1.97. The fraction of sp³-hybridized carbons (Fsp3) is 0.167. The normalized spacial score (nSPS) is 22.0. The van der Waals surface area contributed by atoms with E-state index in [2.05, 4.69) is 23.3 Å². The minimum atomic E-state index is -1.49. The van der Waals surface area contributed by atoms with E-state index in [4.69, 9.17) is 16.3 Å². The summed E-state index contributed by atoms with van der Waals surface area (Å²) in [6.07, 6.45) is 0. The molecule has 1 aliphatic heterocycles. The topological polar surface area (TPSA) is 67.4 Å². The van der Waals surface area contributed by atoms with Crippen molar-refractivity contribution in [2.24, 2.45) is 0 Å². The van der Waals surface area contributed by atoms with Gasteiger partial charge in [-0.25, -0.2) is 5.32 Å². The fourth-order valence-electron chi connectivity index (χ4n) is 1.87. The molecule has 0 bridgehead atoms. The highest BCUT2D eigenvalue weighted by atomic mass is 35.5. The number of rotatable bonds is 2. The largest absolute Gasteiger partial charge is 0.414 e. The highest BCUT2D eigenvalue weighted by Gasteiger charge is 2.38. The van der Waals surface area contributed by atoms with E-state index < -0.39 is 17.1 Å². The van der Waals surface area contributed by atoms with Crippen molar-refractivity contribution in [3.63, 3.8) is 0 Å². The Morgan fingerprint density at radius 2 is 2.25 bits per heavy atom. The quantitative estimate of drug-likeness (QED) is 0.448. The van der Waals surface area contributed by atoms with Gasteiger partial charge in [-0.3, -0.25) is 14.9 Å². The van der Waals surface area contributed by atoms with Gasteiger partial charge >= 0.3 is 5.97 Å². The third-order valence-corrected chi connectivity index (χ3v) is 4.79. The van der Waals surface area contributed by atoms with Gasteiger partial charge in [0.1, 0.15) is 4.88 Å². The number of thiophene rings is 1. The third-order valence-electron chi connectivity index (χ3n) is 2.76. The zero-order chi connectivity index (χ0) is 14.3. The Balaban J connectivity index is 1.89. The molecule has 20 heavy (non-hydrogen) atoms. The van der Waals surface area contributed by atoms with Gasteiger partial charge in [-0.15, -0.1) is 11.3 Å². The summed E-state index contributed by atoms with van der Waals surface area (Å²) in [4.78, 5) is 23.7. The second kappa shape index (κ2) is 4.92. The van der Waals surface area contributed by atoms with Crippen LogP contribution in [0, 0.1) is 0 Å². The number of amides is 1. The highest BCUT2D eigenvalue weighted by molar-refractivity contribution is 7.81. The molecule has 0 saturated carbocycles. The first-order valence-corrected chi connectivity index (χ1v) is 7.31. The Labute approximate surface area is 128 Å². The van der Waals surface area contributed by atoms with Crippen molar-refractivity contribution >= 4 is 57.5 Å². The van der Waals surface area contributed by atoms with Gasteiger partial charge in [0.25, 0.3) is 11.1 Å². The van der Waals surface area contributed by atoms with Crippen LogP contribution >= 0.6 is 35.6 Å². The van der Waals surface area contributed by atoms with E-state index in [1.807, 2.05) is 24.3 Å². The monoisotopic (exact) mass is 328 g/mol. The molecule has 1 aromatic heterocycles. The van der Waals surface area contributed by atoms with Crippen LogP contribution in [0.25, 0.3) is 10.1 Å². The van der Waals surface area contributed by atoms with Crippen molar-refractivity contribution < 1.29 is 14.3 Å². The number of benzene rings is 1. The highest BCUT2D eigenvalue weighted by Crippen LogP contribution is 2.35. The molecule has 0 radical (unpaired) electrons. The number of nitrogens with one attached hydrogen (secondary N) is 2. The maximum Gasteiger partial charge on any atom is 0.323 e. The van der Waals surface area contributed by atoms with Gasteiger partial charge in [0.05, 0.1) is 11.6 Å². The Kier molecular flexibility index (Phi) is 3.37. The van der Waals surface area contributed by atoms with Crippen LogP contribution in [-0.2, 0) is 9.53 Å². The van der Waals surface area contributed by atoms with Gasteiger partial charge in [-0.05, 0) is 6.07 Å². The molecule has 1 aliphatic rings. The Morgan fingerprint density at radius 1 is 1.50 bits per heavy atom. The molecule has 1 atom stereocenters. The minimum absolute atomic E-state index is 0.00999. The molecular weight excluding hydrogens is 320 g/mol. The average Bonchev–Trinajstić information content (AvgIpc) is 2.91. The first-order chi connectivity index (χ1) is 9.48. The van der Waals surface area contributed by atoms with E-state index in [0.29, 0.717) is 9.90 Å². The van der Waals surface area contributed by atoms with Crippen molar-refractivity contribution in [1.29, 1.82) is 0 Å². The van der Waals surface area contributed by atoms with Crippen LogP contribution in [0.5, 0.6) is 0 Å². The maximum absolute atomic E-state index is 12.2. The number of hydrogen-bond acceptors (Lipinski definition) is 6. The summed E-state index contributed by atoms with van der Waals surface area (Å²) in [7, 11) is 0. The van der Waals surface area contributed by atoms with Crippen LogP contribution in [0.3, 0.4) is 0 Å². The maximum atomic E-state index is 12.2. The van der Waals surface area contributed by atoms with E-state index >= 15 is 0 Å². The van der Waals surface area contributed by atoms with Crippen LogP contribution in [0.4, 0.5) is 0 Å². The van der Waals surface area contributed by atoms with Crippen molar-refractivity contribution in [1.82, 2.24) is 10.6 Å². The molecule has 1 saturated heterocycles. The van der Waals surface area contributed by atoms with Crippen LogP contribution in [0.15, 0.2) is 24.3 Å². The van der Waals surface area contributed by atoms with Crippen molar-refractivity contribution in [3.8, 4) is 0 Å². The second-order valence-corrected chi connectivity index (χ2v) is 6.23. The zero-order valence-electron chi connectivity index (χ0n) is 9.97. The first kappa shape index (κ1) is 13.7. The molecule has 2 heterocycles. The van der Waals surface area contributed by atoms with Gasteiger partial charge in [0, 0.05) is 10.1 Å². The van der Waals surface area contributed by atoms with Gasteiger partial charge in [-0.1, -0.05) is 42.4 Å². The number of thiol groups is 1. The molecule has 1 amide bonds. The van der Waals surface area contributed by atoms with Gasteiger partial charge in [0.15, 0.2) is 0 Å². The summed E-state index contributed by atoms with van der Waals surface area (Å²) in [5.74, 6) is -0.934. The summed E-state index contributed by atoms with van der Waals surface area (Å²) in [6, 6.07) is 7.45. The molecule has 1 fully saturated rings. The third kappa shape index (κ3) is 2.37. The molecule has 0 aliphatic carbocycles. The van der Waals surface area contributed by atoms with Gasteiger partial charge < -0.3 is 4.74 Å². The minimum Gasteiger partial charge on any atom is -0.414 e. The Morgan fingerprint density at radius 3 is 2.90 bits per heavy atom. The summed E-state index contributed by atoms with van der Waals surface area (Å²) in [5.41, 5.74) is 0. The number of cyclic esters (lactones) is 1. The van der Waals surface area contributed by atoms with E-state index in [1.165, 1.54) is 11.3 Å². The number of halogens is 1. The van der Waals surface area contributed by atoms with E-state index in [9.17, 15) is 9.59 Å². The lowest BCUT2D eigenvalue weighted by Gasteiger charge is -2.22. The lowest BCUT2D eigenvalue weighted by atomic mass is 10.2. The first-order valence-electron chi connectivity index (χ1n) is 5.67. The van der Waals surface area contributed by atoms with E-state index in [-0.39, 0.29) is 6.54 Å². The summed E-state index contributed by atoms with van der Waals surface area (Å²) in [6.45, 7) is -0.00999. The standard InChI is InChI=1S/C12H9ClN2O3S2/c13-9-6-3-1-2-4-7(6)20-10(9)11(17)15-12(19)14-5-8(16)18-12/h1-4,14,19H,5H2,(H,15,17). The molecule has 1 unspecified atom stereocenters. The number of hydrogen-bond donors (Lipinski definition) is 3. The van der Waals surface area contributed by atoms with Crippen LogP contribution < -0.4 is 10.6 Å². The fourth-order valence-corrected chi connectivity index (χ4v) is 3.56. The summed E-state index contributed by atoms with van der Waals surface area (Å²) >= 11 is 11.6. The molecule has 1 aromatic carbocycles. The SMILES string of the molecule is O=C1CNC(S)(NC(=O)c2sc3ccccc3c2Cl)O1. The molecule has 2 N–H and O–H groups in total. The molecule has 0 spiro atoms. The Bertz CT molecular complexity index is 718. The smallest absolute Gasteiger partial charge is 0.323 e. The molecule has 5 nitrogen and oxygen atoms in total.